The lowest BCUT2D eigenvalue weighted by molar-refractivity contribution is -0.133. The Morgan fingerprint density at radius 2 is 1.80 bits per heavy atom. The van der Waals surface area contributed by atoms with Crippen LogP contribution in [0.4, 0.5) is 0 Å². The van der Waals surface area contributed by atoms with Crippen LogP contribution in [0, 0.1) is 0 Å². The van der Waals surface area contributed by atoms with Crippen molar-refractivity contribution >= 4 is 5.91 Å². The average molecular weight is 338 g/mol. The van der Waals surface area contributed by atoms with Gasteiger partial charge in [-0.25, -0.2) is 0 Å². The summed E-state index contributed by atoms with van der Waals surface area (Å²) in [7, 11) is 1.65. The summed E-state index contributed by atoms with van der Waals surface area (Å²) in [6.45, 7) is 4.55. The van der Waals surface area contributed by atoms with Gasteiger partial charge in [-0.3, -0.25) is 4.79 Å². The number of carbonyl (C=O) groups excluding carboxylic acids is 1. The quantitative estimate of drug-likeness (QED) is 0.911. The molecule has 1 aliphatic heterocycles. The van der Waals surface area contributed by atoms with Gasteiger partial charge in [0.15, 0.2) is 0 Å². The molecule has 1 atom stereocenters. The zero-order valence-electron chi connectivity index (χ0n) is 15.0. The molecule has 0 aromatic heterocycles. The van der Waals surface area contributed by atoms with E-state index in [1.165, 1.54) is 11.1 Å². The lowest BCUT2D eigenvalue weighted by Crippen LogP contribution is -2.49. The highest BCUT2D eigenvalue weighted by Crippen LogP contribution is 2.24. The average Bonchev–Trinajstić information content (AvgIpc) is 2.68. The summed E-state index contributed by atoms with van der Waals surface area (Å²) in [5, 5.41) is 3.42. The molecule has 1 heterocycles. The maximum atomic E-state index is 12.9. The van der Waals surface area contributed by atoms with Crippen LogP contribution in [0.5, 0.6) is 5.75 Å². The fourth-order valence-corrected chi connectivity index (χ4v) is 3.30. The van der Waals surface area contributed by atoms with Gasteiger partial charge in [0.25, 0.3) is 0 Å². The second-order valence-corrected chi connectivity index (χ2v) is 6.43. The van der Waals surface area contributed by atoms with E-state index in [1.807, 2.05) is 29.2 Å². The van der Waals surface area contributed by atoms with Gasteiger partial charge >= 0.3 is 0 Å². The monoisotopic (exact) mass is 338 g/mol. The third kappa shape index (κ3) is 4.20. The molecule has 1 aliphatic rings. The molecule has 2 aromatic rings. The summed E-state index contributed by atoms with van der Waals surface area (Å²) in [6, 6.07) is 16.5. The molecule has 0 spiro atoms. The van der Waals surface area contributed by atoms with Crippen molar-refractivity contribution in [3.63, 3.8) is 0 Å². The van der Waals surface area contributed by atoms with Crippen LogP contribution < -0.4 is 10.1 Å². The van der Waals surface area contributed by atoms with E-state index in [2.05, 4.69) is 36.5 Å². The van der Waals surface area contributed by atoms with Gasteiger partial charge in [-0.2, -0.15) is 0 Å². The maximum Gasteiger partial charge on any atom is 0.227 e. The van der Waals surface area contributed by atoms with Gasteiger partial charge in [-0.05, 0) is 35.2 Å². The Hall–Kier alpha value is -2.33. The Bertz CT molecular complexity index is 695. The molecule has 2 aromatic carbocycles. The number of piperazine rings is 1. The Balaban J connectivity index is 1.73. The second-order valence-electron chi connectivity index (χ2n) is 6.43. The van der Waals surface area contributed by atoms with Crippen molar-refractivity contribution in [2.45, 2.75) is 25.8 Å². The number of aryl methyl sites for hydroxylation is 1. The highest BCUT2D eigenvalue weighted by atomic mass is 16.5. The highest BCUT2D eigenvalue weighted by Gasteiger charge is 2.27. The number of nitrogens with one attached hydrogen (secondary N) is 1. The number of amides is 1. The van der Waals surface area contributed by atoms with E-state index in [0.29, 0.717) is 6.42 Å². The number of hydrogen-bond donors (Lipinski definition) is 1. The molecule has 132 valence electrons. The molecule has 1 N–H and O–H groups in total. The minimum Gasteiger partial charge on any atom is -0.497 e. The molecule has 1 saturated heterocycles. The van der Waals surface area contributed by atoms with Crippen molar-refractivity contribution < 1.29 is 9.53 Å². The molecule has 0 bridgehead atoms. The number of hydrogen-bond acceptors (Lipinski definition) is 3. The fourth-order valence-electron chi connectivity index (χ4n) is 3.30. The molecule has 1 fully saturated rings. The number of rotatable bonds is 5. The molecule has 1 unspecified atom stereocenters. The minimum absolute atomic E-state index is 0.102. The van der Waals surface area contributed by atoms with Crippen molar-refractivity contribution in [3.8, 4) is 5.75 Å². The maximum absolute atomic E-state index is 12.9. The van der Waals surface area contributed by atoms with E-state index >= 15 is 0 Å². The first kappa shape index (κ1) is 17.5. The Morgan fingerprint density at radius 1 is 1.12 bits per heavy atom. The Labute approximate surface area is 149 Å². The van der Waals surface area contributed by atoms with Crippen molar-refractivity contribution in [2.24, 2.45) is 0 Å². The van der Waals surface area contributed by atoms with Crippen LogP contribution >= 0.6 is 0 Å². The summed E-state index contributed by atoms with van der Waals surface area (Å²) in [5.74, 6) is 0.989. The zero-order valence-corrected chi connectivity index (χ0v) is 15.0. The molecule has 4 nitrogen and oxygen atoms in total. The van der Waals surface area contributed by atoms with Gasteiger partial charge in [0.1, 0.15) is 5.75 Å². The lowest BCUT2D eigenvalue weighted by atomic mass is 10.00. The molecule has 0 aliphatic carbocycles. The summed E-state index contributed by atoms with van der Waals surface area (Å²) in [5.41, 5.74) is 3.54. The molecule has 3 rings (SSSR count). The minimum atomic E-state index is 0.102. The van der Waals surface area contributed by atoms with Crippen LogP contribution in [-0.4, -0.2) is 37.6 Å². The van der Waals surface area contributed by atoms with Crippen LogP contribution in [0.3, 0.4) is 0 Å². The third-order valence-corrected chi connectivity index (χ3v) is 4.85. The fraction of sp³-hybridized carbons (Fsp3) is 0.381. The number of carbonyl (C=O) groups is 1. The summed E-state index contributed by atoms with van der Waals surface area (Å²) in [6.07, 6.45) is 1.46. The summed E-state index contributed by atoms with van der Waals surface area (Å²) < 4.78 is 5.18. The van der Waals surface area contributed by atoms with Crippen LogP contribution in [0.15, 0.2) is 48.5 Å². The molecule has 0 radical (unpaired) electrons. The van der Waals surface area contributed by atoms with Crippen molar-refractivity contribution in [3.05, 3.63) is 65.2 Å². The predicted octanol–water partition coefficient (Wildman–Crippen LogP) is 2.97. The van der Waals surface area contributed by atoms with Gasteiger partial charge < -0.3 is 15.0 Å². The highest BCUT2D eigenvalue weighted by molar-refractivity contribution is 5.79. The van der Waals surface area contributed by atoms with Gasteiger partial charge in [0.05, 0.1) is 19.6 Å². The first-order valence-corrected chi connectivity index (χ1v) is 8.93. The van der Waals surface area contributed by atoms with E-state index in [9.17, 15) is 4.79 Å². The summed E-state index contributed by atoms with van der Waals surface area (Å²) >= 11 is 0. The van der Waals surface area contributed by atoms with Crippen molar-refractivity contribution in [1.82, 2.24) is 10.2 Å². The van der Waals surface area contributed by atoms with Crippen LogP contribution in [0.25, 0.3) is 0 Å². The molecule has 1 amide bonds. The Kier molecular flexibility index (Phi) is 5.71. The van der Waals surface area contributed by atoms with E-state index in [0.717, 1.165) is 37.4 Å². The molecule has 0 saturated carbocycles. The standard InChI is InChI=1S/C21H26N2O2/c1-3-16-4-8-18(9-5-16)20-15-22-12-13-23(20)21(24)14-17-6-10-19(25-2)11-7-17/h4-11,20,22H,3,12-15H2,1-2H3. The number of methoxy groups -OCH3 is 1. The summed E-state index contributed by atoms with van der Waals surface area (Å²) in [4.78, 5) is 14.9. The van der Waals surface area contributed by atoms with Crippen molar-refractivity contribution in [1.29, 1.82) is 0 Å². The largest absolute Gasteiger partial charge is 0.497 e. The third-order valence-electron chi connectivity index (χ3n) is 4.85. The first-order valence-electron chi connectivity index (χ1n) is 8.93. The molecular formula is C21H26N2O2. The lowest BCUT2D eigenvalue weighted by Gasteiger charge is -2.36. The number of nitrogens with zero attached hydrogens (tertiary/aromatic N) is 1. The van der Waals surface area contributed by atoms with Gasteiger partial charge in [-0.1, -0.05) is 43.3 Å². The smallest absolute Gasteiger partial charge is 0.227 e. The molecular weight excluding hydrogens is 312 g/mol. The molecule has 4 heteroatoms. The van der Waals surface area contributed by atoms with Crippen LogP contribution in [-0.2, 0) is 17.6 Å². The number of benzene rings is 2. The van der Waals surface area contributed by atoms with Crippen molar-refractivity contribution in [2.75, 3.05) is 26.7 Å². The zero-order chi connectivity index (χ0) is 17.6. The van der Waals surface area contributed by atoms with E-state index in [-0.39, 0.29) is 11.9 Å². The SMILES string of the molecule is CCc1ccc(C2CNCCN2C(=O)Cc2ccc(OC)cc2)cc1. The normalized spacial score (nSPS) is 17.4. The first-order chi connectivity index (χ1) is 12.2. The Morgan fingerprint density at radius 3 is 2.44 bits per heavy atom. The number of ether oxygens (including phenoxy) is 1. The van der Waals surface area contributed by atoms with Crippen LogP contribution in [0.1, 0.15) is 29.7 Å². The predicted molar refractivity (Wildman–Crippen MR) is 99.8 cm³/mol. The van der Waals surface area contributed by atoms with Gasteiger partial charge in [0, 0.05) is 19.6 Å². The van der Waals surface area contributed by atoms with E-state index < -0.39 is 0 Å². The van der Waals surface area contributed by atoms with E-state index in [4.69, 9.17) is 4.74 Å². The van der Waals surface area contributed by atoms with Crippen LogP contribution in [0.2, 0.25) is 0 Å². The van der Waals surface area contributed by atoms with Gasteiger partial charge in [0.2, 0.25) is 5.91 Å². The molecule has 25 heavy (non-hydrogen) atoms. The van der Waals surface area contributed by atoms with E-state index in [1.54, 1.807) is 7.11 Å². The second kappa shape index (κ2) is 8.17. The van der Waals surface area contributed by atoms with Gasteiger partial charge in [-0.15, -0.1) is 0 Å². The topological polar surface area (TPSA) is 41.6 Å².